The molecule has 0 unspecified atom stereocenters. The zero-order valence-corrected chi connectivity index (χ0v) is 18.3. The van der Waals surface area contributed by atoms with Gasteiger partial charge in [0.25, 0.3) is 5.91 Å². The minimum absolute atomic E-state index is 0.239. The third-order valence-electron chi connectivity index (χ3n) is 5.53. The number of rotatable bonds is 3. The van der Waals surface area contributed by atoms with Gasteiger partial charge in [-0.05, 0) is 73.0 Å². The van der Waals surface area contributed by atoms with Crippen molar-refractivity contribution in [2.24, 2.45) is 0 Å². The standard InChI is InChI=1S/C25H19Cl2N3O/c1-15-5-6-17-14-18-11-12-30(24(18)28-22(17)13-15)19-9-7-16(8-10-19)25(31)29-21-4-2-3-20(26)23(21)27/h2-10,13-14H,11-12H2,1H3,(H,29,31). The number of amides is 1. The fraction of sp³-hybridized carbons (Fsp3) is 0.120. The fourth-order valence-corrected chi connectivity index (χ4v) is 4.25. The first-order valence-corrected chi connectivity index (χ1v) is 10.8. The normalized spacial score (nSPS) is 12.8. The van der Waals surface area contributed by atoms with Crippen LogP contribution in [-0.4, -0.2) is 17.4 Å². The van der Waals surface area contributed by atoms with E-state index in [1.165, 1.54) is 11.1 Å². The molecule has 0 spiro atoms. The lowest BCUT2D eigenvalue weighted by molar-refractivity contribution is 0.102. The van der Waals surface area contributed by atoms with Crippen LogP contribution in [0.1, 0.15) is 21.5 Å². The van der Waals surface area contributed by atoms with Crippen molar-refractivity contribution in [3.63, 3.8) is 0 Å². The first-order valence-electron chi connectivity index (χ1n) is 10.0. The lowest BCUT2D eigenvalue weighted by Gasteiger charge is -2.19. The van der Waals surface area contributed by atoms with Crippen molar-refractivity contribution in [3.8, 4) is 0 Å². The van der Waals surface area contributed by atoms with E-state index in [2.05, 4.69) is 41.4 Å². The average Bonchev–Trinajstić information content (AvgIpc) is 3.18. The lowest BCUT2D eigenvalue weighted by atomic mass is 10.1. The molecular formula is C25H19Cl2N3O. The number of hydrogen-bond acceptors (Lipinski definition) is 3. The Morgan fingerprint density at radius 3 is 2.65 bits per heavy atom. The van der Waals surface area contributed by atoms with Crippen LogP contribution in [0, 0.1) is 6.92 Å². The number of halogens is 2. The molecule has 4 aromatic rings. The number of aryl methyl sites for hydroxylation is 1. The van der Waals surface area contributed by atoms with Gasteiger partial charge in [0.15, 0.2) is 0 Å². The first-order chi connectivity index (χ1) is 15.0. The Labute approximate surface area is 190 Å². The molecule has 0 saturated heterocycles. The van der Waals surface area contributed by atoms with Crippen LogP contribution in [0.25, 0.3) is 10.9 Å². The summed E-state index contributed by atoms with van der Waals surface area (Å²) in [5, 5.41) is 4.71. The number of pyridine rings is 1. The smallest absolute Gasteiger partial charge is 0.255 e. The number of nitrogens with one attached hydrogen (secondary N) is 1. The van der Waals surface area contributed by atoms with E-state index in [9.17, 15) is 4.79 Å². The first kappa shape index (κ1) is 19.9. The number of carbonyl (C=O) groups excluding carboxylic acids is 1. The molecule has 2 heterocycles. The Hall–Kier alpha value is -3.08. The Morgan fingerprint density at radius 2 is 1.84 bits per heavy atom. The molecule has 0 atom stereocenters. The highest BCUT2D eigenvalue weighted by atomic mass is 35.5. The van der Waals surface area contributed by atoms with E-state index < -0.39 is 0 Å². The molecule has 1 aliphatic rings. The van der Waals surface area contributed by atoms with E-state index >= 15 is 0 Å². The molecule has 0 aliphatic carbocycles. The van der Waals surface area contributed by atoms with Gasteiger partial charge < -0.3 is 10.2 Å². The summed E-state index contributed by atoms with van der Waals surface area (Å²) >= 11 is 12.2. The zero-order chi connectivity index (χ0) is 21.5. The second-order valence-electron chi connectivity index (χ2n) is 7.67. The maximum absolute atomic E-state index is 12.6. The number of nitrogens with zero attached hydrogens (tertiary/aromatic N) is 2. The number of anilines is 3. The predicted octanol–water partition coefficient (Wildman–Crippen LogP) is 6.80. The highest BCUT2D eigenvalue weighted by molar-refractivity contribution is 6.44. The molecule has 6 heteroatoms. The van der Waals surface area contributed by atoms with Crippen molar-refractivity contribution in [1.29, 1.82) is 0 Å². The van der Waals surface area contributed by atoms with Crippen LogP contribution in [0.5, 0.6) is 0 Å². The average molecular weight is 448 g/mol. The molecule has 1 aromatic heterocycles. The van der Waals surface area contributed by atoms with Gasteiger partial charge in [0.05, 0.1) is 21.2 Å². The lowest BCUT2D eigenvalue weighted by Crippen LogP contribution is -2.15. The second kappa shape index (κ2) is 7.88. The molecule has 4 nitrogen and oxygen atoms in total. The Bertz CT molecular complexity index is 1320. The summed E-state index contributed by atoms with van der Waals surface area (Å²) in [6, 6.07) is 21.3. The summed E-state index contributed by atoms with van der Waals surface area (Å²) in [5.74, 6) is 0.748. The molecule has 0 fully saturated rings. The molecule has 3 aromatic carbocycles. The van der Waals surface area contributed by atoms with Crippen LogP contribution in [0.2, 0.25) is 10.0 Å². The zero-order valence-electron chi connectivity index (χ0n) is 16.8. The van der Waals surface area contributed by atoms with E-state index in [1.54, 1.807) is 18.2 Å². The van der Waals surface area contributed by atoms with Gasteiger partial charge in [-0.25, -0.2) is 4.98 Å². The second-order valence-corrected chi connectivity index (χ2v) is 8.46. The topological polar surface area (TPSA) is 45.2 Å². The molecular weight excluding hydrogens is 429 g/mol. The van der Waals surface area contributed by atoms with Gasteiger partial charge in [-0.3, -0.25) is 4.79 Å². The summed E-state index contributed by atoms with van der Waals surface area (Å²) in [5.41, 5.74) is 5.48. The molecule has 154 valence electrons. The summed E-state index contributed by atoms with van der Waals surface area (Å²) in [6.07, 6.45) is 0.946. The van der Waals surface area contributed by atoms with Crippen LogP contribution in [-0.2, 0) is 6.42 Å². The largest absolute Gasteiger partial charge is 0.326 e. The molecule has 0 radical (unpaired) electrons. The molecule has 31 heavy (non-hydrogen) atoms. The SMILES string of the molecule is Cc1ccc2cc3c(nc2c1)N(c1ccc(C(=O)Nc2cccc(Cl)c2Cl)cc1)CC3. The van der Waals surface area contributed by atoms with Crippen molar-refractivity contribution in [3.05, 3.63) is 93.5 Å². The number of hydrogen-bond donors (Lipinski definition) is 1. The fourth-order valence-electron chi connectivity index (χ4n) is 3.91. The number of fused-ring (bicyclic) bond motifs is 2. The van der Waals surface area contributed by atoms with Crippen molar-refractivity contribution in [1.82, 2.24) is 4.98 Å². The van der Waals surface area contributed by atoms with Gasteiger partial charge in [-0.15, -0.1) is 0 Å². The molecule has 5 rings (SSSR count). The maximum Gasteiger partial charge on any atom is 0.255 e. The van der Waals surface area contributed by atoms with Crippen LogP contribution < -0.4 is 10.2 Å². The van der Waals surface area contributed by atoms with E-state index in [-0.39, 0.29) is 5.91 Å². The highest BCUT2D eigenvalue weighted by Crippen LogP contribution is 2.35. The third kappa shape index (κ3) is 3.73. The van der Waals surface area contributed by atoms with Crippen molar-refractivity contribution in [2.45, 2.75) is 13.3 Å². The van der Waals surface area contributed by atoms with E-state index in [1.807, 2.05) is 24.3 Å². The van der Waals surface area contributed by atoms with Gasteiger partial charge >= 0.3 is 0 Å². The van der Waals surface area contributed by atoms with E-state index in [4.69, 9.17) is 28.2 Å². The van der Waals surface area contributed by atoms with Crippen LogP contribution in [0.4, 0.5) is 17.2 Å². The third-order valence-corrected chi connectivity index (χ3v) is 6.35. The van der Waals surface area contributed by atoms with E-state index in [0.717, 1.165) is 35.4 Å². The molecule has 0 saturated carbocycles. The predicted molar refractivity (Wildman–Crippen MR) is 128 cm³/mol. The monoisotopic (exact) mass is 447 g/mol. The van der Waals surface area contributed by atoms with Gasteiger partial charge in [0.2, 0.25) is 0 Å². The van der Waals surface area contributed by atoms with Gasteiger partial charge in [0, 0.05) is 23.2 Å². The molecule has 1 aliphatic heterocycles. The van der Waals surface area contributed by atoms with Crippen LogP contribution in [0.15, 0.2) is 66.7 Å². The summed E-state index contributed by atoms with van der Waals surface area (Å²) in [7, 11) is 0. The summed E-state index contributed by atoms with van der Waals surface area (Å²) < 4.78 is 0. The summed E-state index contributed by atoms with van der Waals surface area (Å²) in [4.78, 5) is 19.8. The van der Waals surface area contributed by atoms with Crippen molar-refractivity contribution in [2.75, 3.05) is 16.8 Å². The van der Waals surface area contributed by atoms with Gasteiger partial charge in [-0.2, -0.15) is 0 Å². The Balaban J connectivity index is 1.40. The quantitative estimate of drug-likeness (QED) is 0.375. The number of benzene rings is 3. The molecule has 1 amide bonds. The number of carbonyl (C=O) groups is 1. The van der Waals surface area contributed by atoms with Gasteiger partial charge in [-0.1, -0.05) is 41.4 Å². The number of aromatic nitrogens is 1. The van der Waals surface area contributed by atoms with Gasteiger partial charge in [0.1, 0.15) is 5.82 Å². The Morgan fingerprint density at radius 1 is 1.03 bits per heavy atom. The minimum atomic E-state index is -0.239. The molecule has 0 bridgehead atoms. The maximum atomic E-state index is 12.6. The highest BCUT2D eigenvalue weighted by Gasteiger charge is 2.23. The minimum Gasteiger partial charge on any atom is -0.326 e. The van der Waals surface area contributed by atoms with Crippen molar-refractivity contribution < 1.29 is 4.79 Å². The summed E-state index contributed by atoms with van der Waals surface area (Å²) in [6.45, 7) is 2.94. The van der Waals surface area contributed by atoms with Crippen LogP contribution in [0.3, 0.4) is 0 Å². The molecule has 1 N–H and O–H groups in total. The van der Waals surface area contributed by atoms with Crippen molar-refractivity contribution >= 4 is 57.2 Å². The Kier molecular flexibility index (Phi) is 5.05. The van der Waals surface area contributed by atoms with Crippen LogP contribution >= 0.6 is 23.2 Å². The van der Waals surface area contributed by atoms with E-state index in [0.29, 0.717) is 21.3 Å².